The second-order valence-electron chi connectivity index (χ2n) is 3.74. The maximum absolute atomic E-state index is 12.0. The largest absolute Gasteiger partial charge is 0.291 e. The van der Waals surface area contributed by atoms with Gasteiger partial charge in [0.05, 0.1) is 10.1 Å². The van der Waals surface area contributed by atoms with E-state index in [1.54, 1.807) is 35.9 Å². The zero-order chi connectivity index (χ0) is 13.3. The Labute approximate surface area is 128 Å². The molecule has 94 valence electrons. The van der Waals surface area contributed by atoms with Crippen molar-refractivity contribution in [2.45, 2.75) is 13.5 Å². The van der Waals surface area contributed by atoms with E-state index in [9.17, 15) is 4.79 Å². The van der Waals surface area contributed by atoms with Crippen LogP contribution >= 0.6 is 45.8 Å². The van der Waals surface area contributed by atoms with Crippen LogP contribution in [0.4, 0.5) is 0 Å². The summed E-state index contributed by atoms with van der Waals surface area (Å²) in [6.45, 7) is 2.11. The predicted octanol–water partition coefficient (Wildman–Crippen LogP) is 3.51. The molecule has 1 heterocycles. The Balaban J connectivity index is 2.53. The molecule has 0 atom stereocenters. The Morgan fingerprint density at radius 1 is 1.33 bits per heavy atom. The van der Waals surface area contributed by atoms with E-state index in [2.05, 4.69) is 4.98 Å². The van der Waals surface area contributed by atoms with Crippen LogP contribution < -0.4 is 5.56 Å². The van der Waals surface area contributed by atoms with Gasteiger partial charge in [0.2, 0.25) is 0 Å². The summed E-state index contributed by atoms with van der Waals surface area (Å²) in [5, 5.41) is 1.10. The highest BCUT2D eigenvalue weighted by molar-refractivity contribution is 14.1. The minimum absolute atomic E-state index is 0.0842. The van der Waals surface area contributed by atoms with Gasteiger partial charge in [-0.25, -0.2) is 4.98 Å². The first-order valence-corrected chi connectivity index (χ1v) is 6.99. The molecule has 2 aromatic rings. The van der Waals surface area contributed by atoms with Gasteiger partial charge in [0.25, 0.3) is 5.56 Å². The fourth-order valence-electron chi connectivity index (χ4n) is 1.58. The van der Waals surface area contributed by atoms with E-state index in [0.29, 0.717) is 26.0 Å². The van der Waals surface area contributed by atoms with E-state index in [1.165, 1.54) is 0 Å². The van der Waals surface area contributed by atoms with Crippen LogP contribution in [0, 0.1) is 10.5 Å². The van der Waals surface area contributed by atoms with Crippen LogP contribution in [-0.2, 0) is 6.54 Å². The molecule has 0 spiro atoms. The van der Waals surface area contributed by atoms with Gasteiger partial charge in [0.1, 0.15) is 5.82 Å². The van der Waals surface area contributed by atoms with Crippen LogP contribution in [0.15, 0.2) is 29.2 Å². The Kier molecular flexibility index (Phi) is 4.29. The summed E-state index contributed by atoms with van der Waals surface area (Å²) in [5.74, 6) is 0.636. The number of benzene rings is 1. The van der Waals surface area contributed by atoms with Crippen molar-refractivity contribution in [3.8, 4) is 0 Å². The highest BCUT2D eigenvalue weighted by Gasteiger charge is 2.10. The van der Waals surface area contributed by atoms with Crippen molar-refractivity contribution in [3.63, 3.8) is 0 Å². The van der Waals surface area contributed by atoms with Gasteiger partial charge in [-0.05, 0) is 41.6 Å². The van der Waals surface area contributed by atoms with Gasteiger partial charge in [0.15, 0.2) is 0 Å². The topological polar surface area (TPSA) is 34.9 Å². The van der Waals surface area contributed by atoms with E-state index in [-0.39, 0.29) is 5.56 Å². The molecule has 1 aromatic heterocycles. The molecule has 0 unspecified atom stereocenters. The van der Waals surface area contributed by atoms with E-state index >= 15 is 0 Å². The number of hydrogen-bond acceptors (Lipinski definition) is 2. The zero-order valence-corrected chi connectivity index (χ0v) is 13.1. The first kappa shape index (κ1) is 13.8. The average Bonchev–Trinajstić information content (AvgIpc) is 2.33. The maximum Gasteiger partial charge on any atom is 0.267 e. The fraction of sp³-hybridized carbons (Fsp3) is 0.167. The Morgan fingerprint density at radius 2 is 1.94 bits per heavy atom. The fourth-order valence-corrected chi connectivity index (χ4v) is 2.53. The monoisotopic (exact) mass is 394 g/mol. The molecule has 0 aliphatic carbocycles. The molecule has 18 heavy (non-hydrogen) atoms. The number of aromatic nitrogens is 2. The third-order valence-corrected chi connectivity index (χ3v) is 4.03. The van der Waals surface area contributed by atoms with Crippen molar-refractivity contribution < 1.29 is 0 Å². The Hall–Kier alpha value is -0.590. The van der Waals surface area contributed by atoms with Crippen molar-refractivity contribution in [3.05, 3.63) is 59.8 Å². The molecule has 0 radical (unpaired) electrons. The summed E-state index contributed by atoms with van der Waals surface area (Å²) in [5.41, 5.74) is 0.647. The van der Waals surface area contributed by atoms with Gasteiger partial charge in [-0.15, -0.1) is 0 Å². The minimum atomic E-state index is -0.0842. The van der Waals surface area contributed by atoms with Crippen LogP contribution in [0.1, 0.15) is 11.4 Å². The van der Waals surface area contributed by atoms with Crippen molar-refractivity contribution in [1.29, 1.82) is 0 Å². The smallest absolute Gasteiger partial charge is 0.267 e. The summed E-state index contributed by atoms with van der Waals surface area (Å²) in [6.07, 6.45) is 1.56. The molecule has 6 heteroatoms. The lowest BCUT2D eigenvalue weighted by atomic mass is 10.2. The Morgan fingerprint density at radius 3 is 2.56 bits per heavy atom. The molecule has 0 amide bonds. The molecule has 3 nitrogen and oxygen atoms in total. The molecule has 1 aromatic carbocycles. The summed E-state index contributed by atoms with van der Waals surface area (Å²) in [4.78, 5) is 16.2. The average molecular weight is 395 g/mol. The standard InChI is InChI=1S/C12H9Cl2IN2O/c1-7-16-5-11(15)12(18)17(7)6-8-9(13)3-2-4-10(8)14/h2-5H,6H2,1H3. The molecular weight excluding hydrogens is 386 g/mol. The highest BCUT2D eigenvalue weighted by atomic mass is 127. The number of rotatable bonds is 2. The number of aryl methyl sites for hydroxylation is 1. The summed E-state index contributed by atoms with van der Waals surface area (Å²) < 4.78 is 2.14. The van der Waals surface area contributed by atoms with E-state index < -0.39 is 0 Å². The molecule has 0 saturated carbocycles. The van der Waals surface area contributed by atoms with Gasteiger partial charge in [-0.1, -0.05) is 29.3 Å². The zero-order valence-electron chi connectivity index (χ0n) is 9.45. The van der Waals surface area contributed by atoms with E-state index in [4.69, 9.17) is 23.2 Å². The lowest BCUT2D eigenvalue weighted by Crippen LogP contribution is -2.26. The van der Waals surface area contributed by atoms with Crippen LogP contribution in [0.25, 0.3) is 0 Å². The highest BCUT2D eigenvalue weighted by Crippen LogP contribution is 2.24. The second-order valence-corrected chi connectivity index (χ2v) is 5.72. The lowest BCUT2D eigenvalue weighted by molar-refractivity contribution is 0.695. The molecular formula is C12H9Cl2IN2O. The predicted molar refractivity (Wildman–Crippen MR) is 81.5 cm³/mol. The minimum Gasteiger partial charge on any atom is -0.291 e. The number of nitrogens with zero attached hydrogens (tertiary/aromatic N) is 2. The first-order valence-electron chi connectivity index (χ1n) is 5.15. The van der Waals surface area contributed by atoms with Gasteiger partial charge in [0, 0.05) is 21.8 Å². The van der Waals surface area contributed by atoms with Gasteiger partial charge in [-0.3, -0.25) is 9.36 Å². The first-order chi connectivity index (χ1) is 8.50. The van der Waals surface area contributed by atoms with Crippen LogP contribution in [0.5, 0.6) is 0 Å². The quantitative estimate of drug-likeness (QED) is 0.730. The maximum atomic E-state index is 12.0. The molecule has 0 fully saturated rings. The van der Waals surface area contributed by atoms with Crippen molar-refractivity contribution in [1.82, 2.24) is 9.55 Å². The van der Waals surface area contributed by atoms with Gasteiger partial charge < -0.3 is 0 Å². The van der Waals surface area contributed by atoms with Crippen molar-refractivity contribution in [2.24, 2.45) is 0 Å². The van der Waals surface area contributed by atoms with Crippen LogP contribution in [0.2, 0.25) is 10.0 Å². The molecule has 0 aliphatic rings. The summed E-state index contributed by atoms with van der Waals surface area (Å²) in [6, 6.07) is 5.28. The molecule has 0 saturated heterocycles. The lowest BCUT2D eigenvalue weighted by Gasteiger charge is -2.12. The molecule has 0 N–H and O–H groups in total. The third kappa shape index (κ3) is 2.70. The van der Waals surface area contributed by atoms with Gasteiger partial charge >= 0.3 is 0 Å². The summed E-state index contributed by atoms with van der Waals surface area (Å²) >= 11 is 14.2. The van der Waals surface area contributed by atoms with Gasteiger partial charge in [-0.2, -0.15) is 0 Å². The van der Waals surface area contributed by atoms with Crippen LogP contribution in [0.3, 0.4) is 0 Å². The van der Waals surface area contributed by atoms with E-state index in [1.807, 2.05) is 22.6 Å². The summed E-state index contributed by atoms with van der Waals surface area (Å²) in [7, 11) is 0. The normalized spacial score (nSPS) is 10.7. The molecule has 0 bridgehead atoms. The second kappa shape index (κ2) is 5.59. The third-order valence-electron chi connectivity index (χ3n) is 2.58. The van der Waals surface area contributed by atoms with Crippen molar-refractivity contribution >= 4 is 45.8 Å². The SMILES string of the molecule is Cc1ncc(I)c(=O)n1Cc1c(Cl)cccc1Cl. The number of hydrogen-bond donors (Lipinski definition) is 0. The molecule has 0 aliphatic heterocycles. The van der Waals surface area contributed by atoms with E-state index in [0.717, 1.165) is 5.56 Å². The molecule has 2 rings (SSSR count). The number of halogens is 3. The van der Waals surface area contributed by atoms with Crippen molar-refractivity contribution in [2.75, 3.05) is 0 Å². The Bertz CT molecular complexity index is 635. The van der Waals surface area contributed by atoms with Crippen LogP contribution in [-0.4, -0.2) is 9.55 Å².